The average molecular weight is 483 g/mol. The number of nitrogens with zero attached hydrogens (tertiary/aromatic N) is 1. The molecule has 0 bridgehead atoms. The Kier molecular flexibility index (Phi) is 8.26. The Hall–Kier alpha value is -3.42. The lowest BCUT2D eigenvalue weighted by Crippen LogP contribution is -2.28. The molecular weight excluding hydrogens is 455 g/mol. The van der Waals surface area contributed by atoms with Gasteiger partial charge in [-0.25, -0.2) is 4.39 Å². The topological polar surface area (TPSA) is 87.5 Å². The Morgan fingerprint density at radius 1 is 1.09 bits per heavy atom. The van der Waals surface area contributed by atoms with Gasteiger partial charge in [0, 0.05) is 42.1 Å². The van der Waals surface area contributed by atoms with Crippen LogP contribution in [-0.4, -0.2) is 18.4 Å². The first-order chi connectivity index (χ1) is 16.0. The molecule has 2 amide bonds. The van der Waals surface area contributed by atoms with Crippen molar-refractivity contribution in [3.05, 3.63) is 89.2 Å². The number of nitrogens with one attached hydrogen (secondary N) is 2. The van der Waals surface area contributed by atoms with Crippen LogP contribution in [0.3, 0.4) is 0 Å². The number of rotatable bonds is 7. The molecule has 1 aliphatic rings. The number of benzene rings is 3. The van der Waals surface area contributed by atoms with Crippen molar-refractivity contribution in [2.45, 2.75) is 32.4 Å². The Bertz CT molecular complexity index is 1190. The fourth-order valence-electron chi connectivity index (χ4n) is 4.10. The molecule has 4 N–H and O–H groups in total. The van der Waals surface area contributed by atoms with E-state index in [0.29, 0.717) is 30.9 Å². The summed E-state index contributed by atoms with van der Waals surface area (Å²) in [4.78, 5) is 27.2. The molecule has 3 aromatic rings. The predicted molar refractivity (Wildman–Crippen MR) is 136 cm³/mol. The third kappa shape index (κ3) is 5.55. The minimum Gasteiger partial charge on any atom is -0.370 e. The van der Waals surface area contributed by atoms with Gasteiger partial charge >= 0.3 is 0 Å². The van der Waals surface area contributed by atoms with Gasteiger partial charge in [0.25, 0.3) is 5.91 Å². The maximum absolute atomic E-state index is 14.6. The third-order valence-corrected chi connectivity index (χ3v) is 5.78. The van der Waals surface area contributed by atoms with E-state index in [4.69, 9.17) is 5.73 Å². The number of hydrogen-bond donors (Lipinski definition) is 3. The molecule has 1 aliphatic heterocycles. The molecule has 0 aromatic heterocycles. The van der Waals surface area contributed by atoms with Gasteiger partial charge in [-0.1, -0.05) is 30.3 Å². The van der Waals surface area contributed by atoms with E-state index in [9.17, 15) is 14.0 Å². The van der Waals surface area contributed by atoms with Gasteiger partial charge in [0.15, 0.2) is 0 Å². The van der Waals surface area contributed by atoms with Gasteiger partial charge in [-0.3, -0.25) is 9.59 Å². The molecule has 1 fully saturated rings. The normalized spacial score (nSPS) is 13.9. The van der Waals surface area contributed by atoms with Crippen molar-refractivity contribution in [1.29, 1.82) is 0 Å². The number of carbonyl (C=O) groups excluding carboxylic acids is 2. The Balaban J connectivity index is 0.00000324. The van der Waals surface area contributed by atoms with Crippen molar-refractivity contribution in [1.82, 2.24) is 0 Å². The molecule has 4 rings (SSSR count). The van der Waals surface area contributed by atoms with Crippen molar-refractivity contribution in [3.63, 3.8) is 0 Å². The van der Waals surface area contributed by atoms with Gasteiger partial charge in [-0.15, -0.1) is 12.4 Å². The van der Waals surface area contributed by atoms with Gasteiger partial charge < -0.3 is 21.3 Å². The van der Waals surface area contributed by atoms with Gasteiger partial charge in [-0.2, -0.15) is 0 Å². The Labute approximate surface area is 204 Å². The summed E-state index contributed by atoms with van der Waals surface area (Å²) in [6.45, 7) is 2.96. The summed E-state index contributed by atoms with van der Waals surface area (Å²) >= 11 is 0. The molecule has 8 heteroatoms. The van der Waals surface area contributed by atoms with Gasteiger partial charge in [0.1, 0.15) is 11.9 Å². The van der Waals surface area contributed by atoms with Crippen LogP contribution >= 0.6 is 12.4 Å². The predicted octanol–water partition coefficient (Wildman–Crippen LogP) is 4.93. The van der Waals surface area contributed by atoms with E-state index >= 15 is 0 Å². The standard InChI is InChI=1S/C26H27FN4O2.ClH/c1-17-14-20(11-12-23(17)31-13-5-10-24(31)32)30-26(33)25(21-8-2-3-9-22(21)27)29-19-7-4-6-18(15-19)16-28;/h2-4,6-9,11-12,14-15,25,29H,5,10,13,16,28H2,1H3,(H,30,33);1H. The second-order valence-electron chi connectivity index (χ2n) is 8.14. The number of aryl methyl sites for hydroxylation is 1. The number of nitrogens with two attached hydrogens (primary N) is 1. The summed E-state index contributed by atoms with van der Waals surface area (Å²) in [5.74, 6) is -0.764. The van der Waals surface area contributed by atoms with Crippen LogP contribution in [0.15, 0.2) is 66.7 Å². The van der Waals surface area contributed by atoms with E-state index < -0.39 is 17.8 Å². The third-order valence-electron chi connectivity index (χ3n) is 5.78. The number of hydrogen-bond acceptors (Lipinski definition) is 4. The van der Waals surface area contributed by atoms with Crippen LogP contribution in [0.5, 0.6) is 0 Å². The SMILES string of the molecule is Cc1cc(NC(=O)C(Nc2cccc(CN)c2)c2ccccc2F)ccc1N1CCCC1=O.Cl. The quantitative estimate of drug-likeness (QED) is 0.445. The molecule has 0 radical (unpaired) electrons. The minimum atomic E-state index is -0.959. The van der Waals surface area contributed by atoms with Crippen LogP contribution < -0.4 is 21.3 Å². The Morgan fingerprint density at radius 3 is 2.56 bits per heavy atom. The zero-order valence-electron chi connectivity index (χ0n) is 18.9. The van der Waals surface area contributed by atoms with E-state index in [2.05, 4.69) is 10.6 Å². The molecule has 0 aliphatic carbocycles. The molecule has 178 valence electrons. The van der Waals surface area contributed by atoms with Crippen molar-refractivity contribution >= 4 is 41.3 Å². The van der Waals surface area contributed by atoms with E-state index in [1.54, 1.807) is 29.2 Å². The first-order valence-electron chi connectivity index (χ1n) is 11.0. The van der Waals surface area contributed by atoms with Crippen molar-refractivity contribution in [3.8, 4) is 0 Å². The largest absolute Gasteiger partial charge is 0.370 e. The summed E-state index contributed by atoms with van der Waals surface area (Å²) < 4.78 is 14.6. The lowest BCUT2D eigenvalue weighted by Gasteiger charge is -2.22. The maximum Gasteiger partial charge on any atom is 0.251 e. The summed E-state index contributed by atoms with van der Waals surface area (Å²) in [6, 6.07) is 18.1. The summed E-state index contributed by atoms with van der Waals surface area (Å²) in [5, 5.41) is 6.04. The van der Waals surface area contributed by atoms with E-state index in [1.807, 2.05) is 43.3 Å². The molecule has 1 saturated heterocycles. The highest BCUT2D eigenvalue weighted by Crippen LogP contribution is 2.29. The van der Waals surface area contributed by atoms with Gasteiger partial charge in [-0.05, 0) is 60.9 Å². The molecule has 0 saturated carbocycles. The fourth-order valence-corrected chi connectivity index (χ4v) is 4.10. The summed E-state index contributed by atoms with van der Waals surface area (Å²) in [6.07, 6.45) is 1.40. The zero-order valence-corrected chi connectivity index (χ0v) is 19.7. The van der Waals surface area contributed by atoms with Crippen LogP contribution in [0.1, 0.15) is 35.6 Å². The lowest BCUT2D eigenvalue weighted by atomic mass is 10.0. The summed E-state index contributed by atoms with van der Waals surface area (Å²) in [7, 11) is 0. The van der Waals surface area contributed by atoms with Crippen molar-refractivity contribution in [2.24, 2.45) is 5.73 Å². The second kappa shape index (κ2) is 11.1. The monoisotopic (exact) mass is 482 g/mol. The molecular formula is C26H28ClFN4O2. The highest BCUT2D eigenvalue weighted by molar-refractivity contribution is 5.99. The van der Waals surface area contributed by atoms with Crippen LogP contribution in [-0.2, 0) is 16.1 Å². The average Bonchev–Trinajstić information content (AvgIpc) is 3.24. The number of amides is 2. The van der Waals surface area contributed by atoms with Crippen LogP contribution in [0.4, 0.5) is 21.5 Å². The molecule has 1 atom stereocenters. The zero-order chi connectivity index (χ0) is 23.4. The highest BCUT2D eigenvalue weighted by atomic mass is 35.5. The van der Waals surface area contributed by atoms with E-state index in [1.165, 1.54) is 6.07 Å². The smallest absolute Gasteiger partial charge is 0.251 e. The number of anilines is 3. The fraction of sp³-hybridized carbons (Fsp3) is 0.231. The van der Waals surface area contributed by atoms with Crippen molar-refractivity contribution < 1.29 is 14.0 Å². The Morgan fingerprint density at radius 2 is 1.88 bits per heavy atom. The van der Waals surface area contributed by atoms with Crippen molar-refractivity contribution in [2.75, 3.05) is 22.1 Å². The van der Waals surface area contributed by atoms with Crippen LogP contribution in [0.25, 0.3) is 0 Å². The summed E-state index contributed by atoms with van der Waals surface area (Å²) in [5.41, 5.74) is 9.85. The van der Waals surface area contributed by atoms with Gasteiger partial charge in [0.05, 0.1) is 0 Å². The molecule has 1 heterocycles. The first-order valence-corrected chi connectivity index (χ1v) is 11.0. The molecule has 0 spiro atoms. The minimum absolute atomic E-state index is 0. The molecule has 3 aromatic carbocycles. The lowest BCUT2D eigenvalue weighted by molar-refractivity contribution is -0.117. The first kappa shape index (κ1) is 25.2. The van der Waals surface area contributed by atoms with E-state index in [-0.39, 0.29) is 23.9 Å². The number of halogens is 2. The molecule has 1 unspecified atom stereocenters. The molecule has 6 nitrogen and oxygen atoms in total. The number of carbonyl (C=O) groups is 2. The second-order valence-corrected chi connectivity index (χ2v) is 8.14. The highest BCUT2D eigenvalue weighted by Gasteiger charge is 2.25. The van der Waals surface area contributed by atoms with E-state index in [0.717, 1.165) is 23.2 Å². The maximum atomic E-state index is 14.6. The van der Waals surface area contributed by atoms with Gasteiger partial charge in [0.2, 0.25) is 5.91 Å². The molecule has 34 heavy (non-hydrogen) atoms. The van der Waals surface area contributed by atoms with Crippen LogP contribution in [0, 0.1) is 12.7 Å². The van der Waals surface area contributed by atoms with Crippen LogP contribution in [0.2, 0.25) is 0 Å².